The van der Waals surface area contributed by atoms with Gasteiger partial charge in [-0.15, -0.1) is 16.9 Å². The van der Waals surface area contributed by atoms with Crippen molar-refractivity contribution in [2.75, 3.05) is 7.05 Å². The third kappa shape index (κ3) is 15.1. The van der Waals surface area contributed by atoms with Crippen LogP contribution in [0.1, 0.15) is 103 Å². The van der Waals surface area contributed by atoms with Gasteiger partial charge in [0.05, 0.1) is 11.4 Å². The summed E-state index contributed by atoms with van der Waals surface area (Å²) >= 11 is 0. The van der Waals surface area contributed by atoms with Gasteiger partial charge >= 0.3 is 0 Å². The highest BCUT2D eigenvalue weighted by molar-refractivity contribution is 5.10. The Morgan fingerprint density at radius 3 is 1.82 bits per heavy atom. The second kappa shape index (κ2) is 23.0. The minimum atomic E-state index is 1.13. The largest absolute Gasteiger partial charge is 0.252 e. The minimum absolute atomic E-state index is 1.13. The molecule has 0 aromatic carbocycles. The first-order valence-corrected chi connectivity index (χ1v) is 11.1. The first-order valence-electron chi connectivity index (χ1n) is 11.1. The monoisotopic (exact) mass is 390 g/mol. The number of nitrogens with zero attached hydrogens (tertiary/aromatic N) is 6. The maximum atomic E-state index is 7.33. The van der Waals surface area contributed by atoms with Crippen LogP contribution >= 0.6 is 0 Å². The number of azide groups is 1. The van der Waals surface area contributed by atoms with Crippen LogP contribution < -0.4 is 0 Å². The average Bonchev–Trinajstić information content (AvgIpc) is 3.03. The summed E-state index contributed by atoms with van der Waals surface area (Å²) in [5.74, 6) is 6.27. The molecule has 0 fully saturated rings. The Kier molecular flexibility index (Phi) is 23.2. The second-order valence-electron chi connectivity index (χ2n) is 6.08. The van der Waals surface area contributed by atoms with Crippen LogP contribution in [0.5, 0.6) is 0 Å². The van der Waals surface area contributed by atoms with E-state index in [2.05, 4.69) is 32.2 Å². The third-order valence-corrected chi connectivity index (χ3v) is 4.17. The Labute approximate surface area is 173 Å². The fraction of sp³-hybridized carbons (Fsp3) is 0.818. The van der Waals surface area contributed by atoms with Crippen molar-refractivity contribution in [3.63, 3.8) is 0 Å². The molecule has 0 bridgehead atoms. The van der Waals surface area contributed by atoms with Crippen LogP contribution in [-0.2, 0) is 19.9 Å². The van der Waals surface area contributed by atoms with Gasteiger partial charge in [0, 0.05) is 31.8 Å². The average molecular weight is 391 g/mol. The number of hydrogen-bond acceptors (Lipinski definition) is 3. The zero-order valence-electron chi connectivity index (χ0n) is 19.2. The highest BCUT2D eigenvalue weighted by atomic mass is 15.4. The SMILES string of the molecule is C1#CCCCCCC1.CC.CC.CN=[N+]=[N-].Cn1nnc2c1CCCCCC2. The van der Waals surface area contributed by atoms with Gasteiger partial charge in [0.25, 0.3) is 0 Å². The molecule has 0 unspecified atom stereocenters. The number of aromatic nitrogens is 3. The summed E-state index contributed by atoms with van der Waals surface area (Å²) < 4.78 is 1.93. The maximum Gasteiger partial charge on any atom is 0.0859 e. The first kappa shape index (κ1) is 28.2. The molecule has 6 heteroatoms. The van der Waals surface area contributed by atoms with Gasteiger partial charge in [-0.3, -0.25) is 4.68 Å². The van der Waals surface area contributed by atoms with Crippen molar-refractivity contribution in [3.8, 4) is 11.8 Å². The molecule has 1 heterocycles. The smallest absolute Gasteiger partial charge is 0.0859 e. The van der Waals surface area contributed by atoms with E-state index < -0.39 is 0 Å². The molecular formula is C22H42N6. The molecule has 0 spiro atoms. The molecule has 0 saturated heterocycles. The van der Waals surface area contributed by atoms with Crippen LogP contribution in [0.15, 0.2) is 5.11 Å². The Morgan fingerprint density at radius 1 is 0.857 bits per heavy atom. The van der Waals surface area contributed by atoms with Crippen LogP contribution in [-0.4, -0.2) is 22.0 Å². The van der Waals surface area contributed by atoms with Crippen molar-refractivity contribution in [2.24, 2.45) is 12.2 Å². The van der Waals surface area contributed by atoms with Gasteiger partial charge < -0.3 is 0 Å². The summed E-state index contributed by atoms with van der Waals surface area (Å²) in [5.41, 5.74) is 9.92. The van der Waals surface area contributed by atoms with Crippen molar-refractivity contribution >= 4 is 0 Å². The summed E-state index contributed by atoms with van der Waals surface area (Å²) in [6, 6.07) is 0. The molecular weight excluding hydrogens is 348 g/mol. The Morgan fingerprint density at radius 2 is 1.32 bits per heavy atom. The van der Waals surface area contributed by atoms with E-state index in [0.717, 1.165) is 19.3 Å². The minimum Gasteiger partial charge on any atom is -0.252 e. The van der Waals surface area contributed by atoms with Crippen LogP contribution in [0.25, 0.3) is 10.4 Å². The summed E-state index contributed by atoms with van der Waals surface area (Å²) in [6.45, 7) is 8.00. The number of aryl methyl sites for hydroxylation is 2. The van der Waals surface area contributed by atoms with Crippen LogP contribution in [0, 0.1) is 11.8 Å². The molecule has 1 aromatic rings. The Bertz CT molecular complexity index is 549. The fourth-order valence-corrected chi connectivity index (χ4v) is 2.82. The normalized spacial score (nSPS) is 14.5. The van der Waals surface area contributed by atoms with Crippen molar-refractivity contribution in [3.05, 3.63) is 21.8 Å². The predicted octanol–water partition coefficient (Wildman–Crippen LogP) is 6.80. The molecule has 0 atom stereocenters. The lowest BCUT2D eigenvalue weighted by molar-refractivity contribution is 0.591. The van der Waals surface area contributed by atoms with Gasteiger partial charge in [0.2, 0.25) is 0 Å². The van der Waals surface area contributed by atoms with E-state index in [9.17, 15) is 0 Å². The van der Waals surface area contributed by atoms with Gasteiger partial charge in [-0.05, 0) is 44.1 Å². The summed E-state index contributed by atoms with van der Waals surface area (Å²) in [7, 11) is 3.38. The van der Waals surface area contributed by atoms with E-state index in [1.807, 2.05) is 39.4 Å². The van der Waals surface area contributed by atoms with E-state index >= 15 is 0 Å². The van der Waals surface area contributed by atoms with Gasteiger partial charge in [-0.25, -0.2) is 0 Å². The van der Waals surface area contributed by atoms with Gasteiger partial charge in [-0.1, -0.05) is 63.7 Å². The van der Waals surface area contributed by atoms with E-state index in [1.54, 1.807) is 0 Å². The standard InChI is InChI=1S/C9H15N3.C8H12.2C2H6.CH3N3/c1-12-9-7-5-3-2-4-6-8(9)10-11-12;1-2-4-6-8-7-5-3-1;2*1-2;1-3-4-2/h2-7H2,1H3;1-6H2;2*1-2H3;1H3. The van der Waals surface area contributed by atoms with Crippen LogP contribution in [0.3, 0.4) is 0 Å². The molecule has 3 rings (SSSR count). The molecule has 1 aromatic heterocycles. The van der Waals surface area contributed by atoms with Crippen molar-refractivity contribution in [1.82, 2.24) is 15.0 Å². The molecule has 2 aliphatic rings. The highest BCUT2D eigenvalue weighted by Gasteiger charge is 2.11. The Balaban J connectivity index is 0. The lowest BCUT2D eigenvalue weighted by atomic mass is 10.0. The predicted molar refractivity (Wildman–Crippen MR) is 120 cm³/mol. The molecule has 0 N–H and O–H groups in total. The molecule has 0 aliphatic heterocycles. The van der Waals surface area contributed by atoms with Crippen LogP contribution in [0.2, 0.25) is 0 Å². The number of rotatable bonds is 0. The molecule has 0 radical (unpaired) electrons. The van der Waals surface area contributed by atoms with E-state index in [0.29, 0.717) is 0 Å². The molecule has 160 valence electrons. The second-order valence-corrected chi connectivity index (χ2v) is 6.08. The molecule has 0 amide bonds. The quantitative estimate of drug-likeness (QED) is 0.211. The molecule has 6 nitrogen and oxygen atoms in total. The zero-order chi connectivity index (χ0) is 21.5. The van der Waals surface area contributed by atoms with Gasteiger partial charge in [-0.2, -0.15) is 0 Å². The summed E-state index contributed by atoms with van der Waals surface area (Å²) in [4.78, 5) is 2.36. The first-order chi connectivity index (χ1) is 13.8. The molecule has 0 saturated carbocycles. The van der Waals surface area contributed by atoms with E-state index in [4.69, 9.17) is 5.53 Å². The summed E-state index contributed by atoms with van der Waals surface area (Å²) in [6.07, 6.45) is 15.3. The summed E-state index contributed by atoms with van der Waals surface area (Å²) in [5, 5.41) is 11.1. The number of hydrogen-bond donors (Lipinski definition) is 0. The highest BCUT2D eigenvalue weighted by Crippen LogP contribution is 2.16. The molecule has 28 heavy (non-hydrogen) atoms. The maximum absolute atomic E-state index is 7.33. The Hall–Kier alpha value is -1.99. The lowest BCUT2D eigenvalue weighted by Crippen LogP contribution is -2.03. The third-order valence-electron chi connectivity index (χ3n) is 4.17. The van der Waals surface area contributed by atoms with Crippen molar-refractivity contribution < 1.29 is 0 Å². The number of fused-ring (bicyclic) bond motifs is 1. The van der Waals surface area contributed by atoms with Crippen molar-refractivity contribution in [2.45, 2.75) is 105 Å². The molecule has 2 aliphatic carbocycles. The lowest BCUT2D eigenvalue weighted by Gasteiger charge is -2.08. The van der Waals surface area contributed by atoms with Crippen LogP contribution in [0.4, 0.5) is 0 Å². The van der Waals surface area contributed by atoms with Gasteiger partial charge in [0.15, 0.2) is 0 Å². The van der Waals surface area contributed by atoms with Gasteiger partial charge in [0.1, 0.15) is 0 Å². The fourth-order valence-electron chi connectivity index (χ4n) is 2.82. The zero-order valence-corrected chi connectivity index (χ0v) is 19.2. The topological polar surface area (TPSA) is 79.5 Å². The van der Waals surface area contributed by atoms with E-state index in [1.165, 1.54) is 76.2 Å². The van der Waals surface area contributed by atoms with Crippen molar-refractivity contribution in [1.29, 1.82) is 0 Å². The van der Waals surface area contributed by atoms with E-state index in [-0.39, 0.29) is 0 Å².